The number of aliphatic hydroxyl groups is 1. The lowest BCUT2D eigenvalue weighted by atomic mass is 10.1. The van der Waals surface area contributed by atoms with Crippen molar-refractivity contribution in [3.63, 3.8) is 0 Å². The second-order valence-electron chi connectivity index (χ2n) is 4.22. The number of nitrogens with zero attached hydrogens (tertiary/aromatic N) is 1. The molecule has 1 atom stereocenters. The molecule has 0 saturated heterocycles. The van der Waals surface area contributed by atoms with Crippen LogP contribution in [0.3, 0.4) is 0 Å². The van der Waals surface area contributed by atoms with Crippen LogP contribution in [0, 0.1) is 10.1 Å². The lowest BCUT2D eigenvalue weighted by Gasteiger charge is -2.09. The van der Waals surface area contributed by atoms with Crippen molar-refractivity contribution in [2.75, 3.05) is 0 Å². The van der Waals surface area contributed by atoms with E-state index in [4.69, 9.17) is 16.3 Å². The van der Waals surface area contributed by atoms with Crippen molar-refractivity contribution in [1.29, 1.82) is 0 Å². The number of non-ortho nitro benzene ring substituents is 1. The minimum atomic E-state index is -0.564. The quantitative estimate of drug-likeness (QED) is 0.680. The standard InChI is InChI=1S/C14H12ClNO4/c1-9(17)10-2-5-12(6-3-10)20-14-8-11(16(18)19)4-7-13(14)15/h2-9,17H,1H3. The third-order valence-corrected chi connectivity index (χ3v) is 3.03. The molecule has 0 heterocycles. The van der Waals surface area contributed by atoms with Crippen LogP contribution >= 0.6 is 11.6 Å². The Hall–Kier alpha value is -2.11. The molecule has 2 rings (SSSR count). The number of nitro groups is 1. The van der Waals surface area contributed by atoms with Crippen LogP contribution in [0.5, 0.6) is 11.5 Å². The van der Waals surface area contributed by atoms with Gasteiger partial charge >= 0.3 is 0 Å². The summed E-state index contributed by atoms with van der Waals surface area (Å²) in [5.74, 6) is 0.697. The van der Waals surface area contributed by atoms with Crippen molar-refractivity contribution in [3.8, 4) is 11.5 Å². The monoisotopic (exact) mass is 293 g/mol. The first-order valence-electron chi connectivity index (χ1n) is 5.87. The van der Waals surface area contributed by atoms with E-state index in [1.807, 2.05) is 0 Å². The maximum atomic E-state index is 10.7. The van der Waals surface area contributed by atoms with E-state index in [-0.39, 0.29) is 16.5 Å². The summed E-state index contributed by atoms with van der Waals surface area (Å²) in [6.45, 7) is 1.66. The van der Waals surface area contributed by atoms with Crippen molar-refractivity contribution < 1.29 is 14.8 Å². The van der Waals surface area contributed by atoms with Gasteiger partial charge in [-0.3, -0.25) is 10.1 Å². The van der Waals surface area contributed by atoms with Crippen LogP contribution in [0.4, 0.5) is 5.69 Å². The minimum absolute atomic E-state index is 0.0926. The van der Waals surface area contributed by atoms with Crippen LogP contribution in [0.15, 0.2) is 42.5 Å². The molecule has 0 radical (unpaired) electrons. The molecule has 5 nitrogen and oxygen atoms in total. The molecule has 0 aliphatic carbocycles. The first kappa shape index (κ1) is 14.3. The first-order chi connectivity index (χ1) is 9.47. The Morgan fingerprint density at radius 3 is 2.45 bits per heavy atom. The molecule has 104 valence electrons. The number of aliphatic hydroxyl groups excluding tert-OH is 1. The van der Waals surface area contributed by atoms with Crippen LogP contribution in [0.25, 0.3) is 0 Å². The van der Waals surface area contributed by atoms with E-state index < -0.39 is 11.0 Å². The Morgan fingerprint density at radius 2 is 1.90 bits per heavy atom. The highest BCUT2D eigenvalue weighted by Gasteiger charge is 2.11. The number of halogens is 1. The number of rotatable bonds is 4. The van der Waals surface area contributed by atoms with Gasteiger partial charge in [0.1, 0.15) is 5.75 Å². The highest BCUT2D eigenvalue weighted by molar-refractivity contribution is 6.32. The average molecular weight is 294 g/mol. The molecule has 0 bridgehead atoms. The number of benzene rings is 2. The maximum Gasteiger partial charge on any atom is 0.273 e. The molecule has 0 saturated carbocycles. The summed E-state index contributed by atoms with van der Waals surface area (Å²) in [4.78, 5) is 10.2. The van der Waals surface area contributed by atoms with E-state index in [2.05, 4.69) is 0 Å². The van der Waals surface area contributed by atoms with Gasteiger partial charge < -0.3 is 9.84 Å². The smallest absolute Gasteiger partial charge is 0.273 e. The lowest BCUT2D eigenvalue weighted by molar-refractivity contribution is -0.384. The van der Waals surface area contributed by atoms with E-state index in [0.717, 1.165) is 5.56 Å². The number of hydrogen-bond donors (Lipinski definition) is 1. The third-order valence-electron chi connectivity index (χ3n) is 2.72. The molecular weight excluding hydrogens is 282 g/mol. The van der Waals surface area contributed by atoms with E-state index in [9.17, 15) is 15.2 Å². The van der Waals surface area contributed by atoms with Gasteiger partial charge in [0.2, 0.25) is 0 Å². The zero-order valence-electron chi connectivity index (χ0n) is 10.6. The van der Waals surface area contributed by atoms with Gasteiger partial charge in [-0.15, -0.1) is 0 Å². The van der Waals surface area contributed by atoms with Gasteiger partial charge in [-0.05, 0) is 30.7 Å². The van der Waals surface area contributed by atoms with Gasteiger partial charge in [0.15, 0.2) is 5.75 Å². The summed E-state index contributed by atoms with van der Waals surface area (Å²) in [6.07, 6.45) is -0.564. The average Bonchev–Trinajstić information content (AvgIpc) is 2.41. The largest absolute Gasteiger partial charge is 0.456 e. The second kappa shape index (κ2) is 5.90. The number of ether oxygens (including phenoxy) is 1. The molecule has 0 aromatic heterocycles. The van der Waals surface area contributed by atoms with Gasteiger partial charge in [-0.1, -0.05) is 23.7 Å². The van der Waals surface area contributed by atoms with Gasteiger partial charge in [-0.25, -0.2) is 0 Å². The fourth-order valence-electron chi connectivity index (χ4n) is 1.63. The van der Waals surface area contributed by atoms with Crippen molar-refractivity contribution in [2.24, 2.45) is 0 Å². The van der Waals surface area contributed by atoms with Crippen LogP contribution in [0.1, 0.15) is 18.6 Å². The predicted octanol–water partition coefficient (Wildman–Crippen LogP) is 4.09. The van der Waals surface area contributed by atoms with Crippen LogP contribution in [-0.2, 0) is 0 Å². The van der Waals surface area contributed by atoms with Crippen LogP contribution < -0.4 is 4.74 Å². The molecule has 20 heavy (non-hydrogen) atoms. The molecule has 6 heteroatoms. The van der Waals surface area contributed by atoms with Crippen molar-refractivity contribution >= 4 is 17.3 Å². The van der Waals surface area contributed by atoms with E-state index in [1.54, 1.807) is 31.2 Å². The lowest BCUT2D eigenvalue weighted by Crippen LogP contribution is -1.92. The summed E-state index contributed by atoms with van der Waals surface area (Å²) in [5, 5.41) is 20.4. The van der Waals surface area contributed by atoms with Crippen molar-refractivity contribution in [3.05, 3.63) is 63.2 Å². The van der Waals surface area contributed by atoms with Crippen molar-refractivity contribution in [2.45, 2.75) is 13.0 Å². The molecule has 1 unspecified atom stereocenters. The normalized spacial score (nSPS) is 11.9. The van der Waals surface area contributed by atoms with E-state index >= 15 is 0 Å². The number of hydrogen-bond acceptors (Lipinski definition) is 4. The predicted molar refractivity (Wildman–Crippen MR) is 75.3 cm³/mol. The molecule has 0 fully saturated rings. The van der Waals surface area contributed by atoms with Crippen molar-refractivity contribution in [1.82, 2.24) is 0 Å². The van der Waals surface area contributed by atoms with Crippen LogP contribution in [0.2, 0.25) is 5.02 Å². The van der Waals surface area contributed by atoms with Crippen LogP contribution in [-0.4, -0.2) is 10.0 Å². The summed E-state index contributed by atoms with van der Waals surface area (Å²) < 4.78 is 5.52. The summed E-state index contributed by atoms with van der Waals surface area (Å²) >= 11 is 5.94. The second-order valence-corrected chi connectivity index (χ2v) is 4.63. The molecule has 2 aromatic rings. The topological polar surface area (TPSA) is 72.6 Å². The zero-order valence-corrected chi connectivity index (χ0v) is 11.4. The highest BCUT2D eigenvalue weighted by Crippen LogP contribution is 2.33. The SMILES string of the molecule is CC(O)c1ccc(Oc2cc([N+](=O)[O-])ccc2Cl)cc1. The number of nitro benzene ring substituents is 1. The van der Waals surface area contributed by atoms with E-state index in [0.29, 0.717) is 5.75 Å². The van der Waals surface area contributed by atoms with Gasteiger partial charge in [-0.2, -0.15) is 0 Å². The zero-order chi connectivity index (χ0) is 14.7. The highest BCUT2D eigenvalue weighted by atomic mass is 35.5. The van der Waals surface area contributed by atoms with E-state index in [1.165, 1.54) is 18.2 Å². The van der Waals surface area contributed by atoms with Gasteiger partial charge in [0.05, 0.1) is 22.1 Å². The molecule has 2 aromatic carbocycles. The summed E-state index contributed by atoms with van der Waals surface area (Å²) in [6, 6.07) is 10.8. The molecule has 0 spiro atoms. The molecule has 0 aliphatic rings. The molecule has 0 amide bonds. The summed E-state index contributed by atoms with van der Waals surface area (Å²) in [7, 11) is 0. The molecule has 1 N–H and O–H groups in total. The Labute approximate surface area is 120 Å². The summed E-state index contributed by atoms with van der Waals surface area (Å²) in [5.41, 5.74) is 0.660. The van der Waals surface area contributed by atoms with Gasteiger partial charge in [0.25, 0.3) is 5.69 Å². The third kappa shape index (κ3) is 3.26. The Bertz CT molecular complexity index is 626. The fourth-order valence-corrected chi connectivity index (χ4v) is 1.78. The molecular formula is C14H12ClNO4. The minimum Gasteiger partial charge on any atom is -0.456 e. The first-order valence-corrected chi connectivity index (χ1v) is 6.25. The Kier molecular flexibility index (Phi) is 4.22. The molecule has 0 aliphatic heterocycles. The fraction of sp³-hybridized carbons (Fsp3) is 0.143. The maximum absolute atomic E-state index is 10.7. The Morgan fingerprint density at radius 1 is 1.25 bits per heavy atom. The van der Waals surface area contributed by atoms with Gasteiger partial charge in [0, 0.05) is 6.07 Å². The Balaban J connectivity index is 2.25.